The molecular formula is C17H20ClNO5. The normalized spacial score (nSPS) is 14.9. The third-order valence-corrected chi connectivity index (χ3v) is 3.61. The molecule has 1 aromatic carbocycles. The number of fused-ring (bicyclic) bond motifs is 1. The van der Waals surface area contributed by atoms with Crippen molar-refractivity contribution in [3.8, 4) is 5.75 Å². The fraction of sp³-hybridized carbons (Fsp3) is 0.471. The molecule has 0 fully saturated rings. The molecule has 130 valence electrons. The van der Waals surface area contributed by atoms with Crippen LogP contribution in [0.1, 0.15) is 31.1 Å². The second-order valence-electron chi connectivity index (χ2n) is 6.01. The summed E-state index contributed by atoms with van der Waals surface area (Å²) in [6, 6.07) is 4.70. The van der Waals surface area contributed by atoms with Crippen LogP contribution in [0.4, 0.5) is 5.69 Å². The van der Waals surface area contributed by atoms with Crippen molar-refractivity contribution in [3.05, 3.63) is 23.8 Å². The number of anilines is 1. The second kappa shape index (κ2) is 7.66. The van der Waals surface area contributed by atoms with Gasteiger partial charge in [0, 0.05) is 5.56 Å². The Hall–Kier alpha value is -2.08. The highest BCUT2D eigenvalue weighted by Gasteiger charge is 2.29. The quantitative estimate of drug-likeness (QED) is 0.446. The van der Waals surface area contributed by atoms with E-state index in [-0.39, 0.29) is 37.4 Å². The van der Waals surface area contributed by atoms with E-state index in [1.807, 2.05) is 13.8 Å². The van der Waals surface area contributed by atoms with Crippen LogP contribution in [0.3, 0.4) is 0 Å². The number of benzene rings is 1. The molecule has 7 heteroatoms. The van der Waals surface area contributed by atoms with Crippen LogP contribution in [0.5, 0.6) is 5.75 Å². The largest absolute Gasteiger partial charge is 0.482 e. The van der Waals surface area contributed by atoms with Crippen molar-refractivity contribution < 1.29 is 23.9 Å². The van der Waals surface area contributed by atoms with Gasteiger partial charge in [0.05, 0.1) is 17.7 Å². The zero-order valence-electron chi connectivity index (χ0n) is 13.9. The van der Waals surface area contributed by atoms with E-state index in [4.69, 9.17) is 21.1 Å². The fourth-order valence-corrected chi connectivity index (χ4v) is 2.32. The zero-order chi connectivity index (χ0) is 17.9. The molecule has 0 radical (unpaired) electrons. The number of Topliss-reactive ketones (excluding diaryl/α,β-unsaturated/α-hetero) is 1. The molecule has 1 aliphatic heterocycles. The van der Waals surface area contributed by atoms with E-state index in [1.54, 1.807) is 19.1 Å². The van der Waals surface area contributed by atoms with Gasteiger partial charge in [0.2, 0.25) is 0 Å². The van der Waals surface area contributed by atoms with Gasteiger partial charge in [-0.2, -0.15) is 0 Å². The summed E-state index contributed by atoms with van der Waals surface area (Å²) in [5.41, 5.74) is 0.728. The summed E-state index contributed by atoms with van der Waals surface area (Å²) in [7, 11) is 0. The smallest absolute Gasteiger partial charge is 0.326 e. The van der Waals surface area contributed by atoms with Crippen molar-refractivity contribution in [2.75, 3.05) is 24.7 Å². The Kier molecular flexibility index (Phi) is 5.83. The van der Waals surface area contributed by atoms with Crippen LogP contribution in [-0.2, 0) is 14.3 Å². The van der Waals surface area contributed by atoms with Gasteiger partial charge >= 0.3 is 5.97 Å². The van der Waals surface area contributed by atoms with Crippen LogP contribution in [0.15, 0.2) is 18.2 Å². The van der Waals surface area contributed by atoms with Crippen molar-refractivity contribution in [2.24, 2.45) is 5.92 Å². The summed E-state index contributed by atoms with van der Waals surface area (Å²) in [5, 5.41) is -0.687. The SMILES string of the molecule is CC(C)COC(=O)CN1C(=O)COc2ccc(C(=O)C(C)Cl)cc21. The van der Waals surface area contributed by atoms with Gasteiger partial charge in [-0.25, -0.2) is 0 Å². The lowest BCUT2D eigenvalue weighted by molar-refractivity contribution is -0.144. The maximum atomic E-state index is 12.1. The van der Waals surface area contributed by atoms with Crippen LogP contribution in [0.2, 0.25) is 0 Å². The predicted octanol–water partition coefficient (Wildman–Crippen LogP) is 2.42. The average molecular weight is 354 g/mol. The first-order valence-electron chi connectivity index (χ1n) is 7.70. The topological polar surface area (TPSA) is 72.9 Å². The number of esters is 1. The maximum Gasteiger partial charge on any atom is 0.326 e. The number of halogens is 1. The molecule has 0 aliphatic carbocycles. The van der Waals surface area contributed by atoms with Gasteiger partial charge in [0.15, 0.2) is 12.4 Å². The molecule has 1 aromatic rings. The Balaban J connectivity index is 2.24. The number of carbonyl (C=O) groups excluding carboxylic acids is 3. The summed E-state index contributed by atoms with van der Waals surface area (Å²) >= 11 is 5.83. The molecule has 1 atom stereocenters. The number of ketones is 1. The molecule has 0 saturated heterocycles. The van der Waals surface area contributed by atoms with E-state index < -0.39 is 11.3 Å². The Morgan fingerprint density at radius 2 is 2.04 bits per heavy atom. The average Bonchev–Trinajstić information content (AvgIpc) is 2.54. The molecule has 1 heterocycles. The summed E-state index contributed by atoms with van der Waals surface area (Å²) in [6.07, 6.45) is 0. The molecule has 0 bridgehead atoms. The highest BCUT2D eigenvalue weighted by Crippen LogP contribution is 2.33. The summed E-state index contributed by atoms with van der Waals surface area (Å²) in [6.45, 7) is 5.32. The van der Waals surface area contributed by atoms with E-state index in [0.29, 0.717) is 17.0 Å². The lowest BCUT2D eigenvalue weighted by Crippen LogP contribution is -2.42. The molecule has 0 spiro atoms. The molecule has 24 heavy (non-hydrogen) atoms. The van der Waals surface area contributed by atoms with E-state index in [9.17, 15) is 14.4 Å². The van der Waals surface area contributed by atoms with Crippen LogP contribution in [0, 0.1) is 5.92 Å². The van der Waals surface area contributed by atoms with E-state index in [2.05, 4.69) is 0 Å². The Morgan fingerprint density at radius 3 is 2.67 bits per heavy atom. The molecule has 0 N–H and O–H groups in total. The van der Waals surface area contributed by atoms with Gasteiger partial charge < -0.3 is 9.47 Å². The van der Waals surface area contributed by atoms with Crippen molar-refractivity contribution in [1.29, 1.82) is 0 Å². The summed E-state index contributed by atoms with van der Waals surface area (Å²) < 4.78 is 10.5. The summed E-state index contributed by atoms with van der Waals surface area (Å²) in [5.74, 6) is -0.499. The van der Waals surface area contributed by atoms with Gasteiger partial charge in [-0.3, -0.25) is 19.3 Å². The standard InChI is InChI=1S/C17H20ClNO5/c1-10(2)8-24-16(21)7-19-13-6-12(17(22)11(3)18)4-5-14(13)23-9-15(19)20/h4-6,10-11H,7-9H2,1-3H3. The Morgan fingerprint density at radius 1 is 1.33 bits per heavy atom. The number of ether oxygens (including phenoxy) is 2. The first-order chi connectivity index (χ1) is 11.3. The van der Waals surface area contributed by atoms with Crippen LogP contribution < -0.4 is 9.64 Å². The zero-order valence-corrected chi connectivity index (χ0v) is 14.6. The van der Waals surface area contributed by atoms with Gasteiger partial charge in [0.1, 0.15) is 12.3 Å². The third kappa shape index (κ3) is 4.26. The number of amides is 1. The Labute approximate surface area is 145 Å². The number of hydrogen-bond donors (Lipinski definition) is 0. The minimum Gasteiger partial charge on any atom is -0.482 e. The lowest BCUT2D eigenvalue weighted by atomic mass is 10.1. The number of hydrogen-bond acceptors (Lipinski definition) is 5. The Bertz CT molecular complexity index is 656. The van der Waals surface area contributed by atoms with Crippen molar-refractivity contribution in [1.82, 2.24) is 0 Å². The first-order valence-corrected chi connectivity index (χ1v) is 8.14. The predicted molar refractivity (Wildman–Crippen MR) is 89.7 cm³/mol. The molecule has 6 nitrogen and oxygen atoms in total. The second-order valence-corrected chi connectivity index (χ2v) is 6.66. The van der Waals surface area contributed by atoms with E-state index in [0.717, 1.165) is 0 Å². The van der Waals surface area contributed by atoms with Crippen molar-refractivity contribution >= 4 is 34.9 Å². The number of carbonyl (C=O) groups is 3. The van der Waals surface area contributed by atoms with Gasteiger partial charge in [-0.05, 0) is 31.0 Å². The molecule has 0 aromatic heterocycles. The van der Waals surface area contributed by atoms with Crippen LogP contribution in [0.25, 0.3) is 0 Å². The monoisotopic (exact) mass is 353 g/mol. The van der Waals surface area contributed by atoms with Gasteiger partial charge in [0.25, 0.3) is 5.91 Å². The van der Waals surface area contributed by atoms with Gasteiger partial charge in [-0.1, -0.05) is 13.8 Å². The molecular weight excluding hydrogens is 334 g/mol. The molecule has 2 rings (SSSR count). The van der Waals surface area contributed by atoms with Gasteiger partial charge in [-0.15, -0.1) is 11.6 Å². The maximum absolute atomic E-state index is 12.1. The third-order valence-electron chi connectivity index (χ3n) is 3.41. The highest BCUT2D eigenvalue weighted by atomic mass is 35.5. The fourth-order valence-electron chi connectivity index (χ4n) is 2.19. The first kappa shape index (κ1) is 18.3. The summed E-state index contributed by atoms with van der Waals surface area (Å²) in [4.78, 5) is 37.4. The van der Waals surface area contributed by atoms with Crippen LogP contribution >= 0.6 is 11.6 Å². The van der Waals surface area contributed by atoms with E-state index in [1.165, 1.54) is 11.0 Å². The number of alkyl halides is 1. The molecule has 1 amide bonds. The molecule has 1 aliphatic rings. The van der Waals surface area contributed by atoms with Crippen LogP contribution in [-0.4, -0.2) is 42.8 Å². The molecule has 1 unspecified atom stereocenters. The lowest BCUT2D eigenvalue weighted by Gasteiger charge is -2.29. The molecule has 0 saturated carbocycles. The minimum atomic E-state index is -0.687. The number of rotatable bonds is 6. The van der Waals surface area contributed by atoms with E-state index >= 15 is 0 Å². The number of nitrogens with zero attached hydrogens (tertiary/aromatic N) is 1. The minimum absolute atomic E-state index is 0.163. The van der Waals surface area contributed by atoms with Crippen molar-refractivity contribution in [3.63, 3.8) is 0 Å². The van der Waals surface area contributed by atoms with Crippen molar-refractivity contribution in [2.45, 2.75) is 26.1 Å². The highest BCUT2D eigenvalue weighted by molar-refractivity contribution is 6.33.